The summed E-state index contributed by atoms with van der Waals surface area (Å²) in [6.45, 7) is 2.40. The van der Waals surface area contributed by atoms with Crippen LogP contribution in [0.15, 0.2) is 119 Å². The Hall–Kier alpha value is -4.73. The van der Waals surface area contributed by atoms with Crippen LogP contribution in [0, 0.1) is 6.92 Å². The molecule has 214 valence electrons. The molecule has 1 saturated heterocycles. The van der Waals surface area contributed by atoms with Crippen LogP contribution < -0.4 is 9.64 Å². The first-order valence-corrected chi connectivity index (χ1v) is 15.4. The molecule has 0 saturated carbocycles. The van der Waals surface area contributed by atoms with Crippen molar-refractivity contribution in [3.8, 4) is 5.75 Å². The number of aliphatic hydroxyl groups excluding tert-OH is 1. The maximum atomic E-state index is 13.6. The first-order chi connectivity index (χ1) is 21.0. The molecular weight excluding hydrogens is 579 g/mol. The van der Waals surface area contributed by atoms with Crippen LogP contribution in [0.5, 0.6) is 5.75 Å². The molecule has 0 aliphatic carbocycles. The van der Waals surface area contributed by atoms with Crippen LogP contribution in [0.1, 0.15) is 33.9 Å². The number of benzene rings is 4. The minimum absolute atomic E-state index is 0.0135. The van der Waals surface area contributed by atoms with Crippen LogP contribution >= 0.6 is 23.1 Å². The normalized spacial score (nSPS) is 16.0. The minimum atomic E-state index is -0.927. The lowest BCUT2D eigenvalue weighted by Gasteiger charge is -2.23. The number of carbonyl (C=O) groups is 2. The van der Waals surface area contributed by atoms with Crippen molar-refractivity contribution < 1.29 is 19.4 Å². The van der Waals surface area contributed by atoms with E-state index in [4.69, 9.17) is 4.74 Å². The second kappa shape index (κ2) is 12.6. The van der Waals surface area contributed by atoms with Crippen molar-refractivity contribution in [2.24, 2.45) is 0 Å². The zero-order chi connectivity index (χ0) is 29.8. The van der Waals surface area contributed by atoms with Crippen LogP contribution in [0.3, 0.4) is 0 Å². The molecule has 4 aromatic carbocycles. The summed E-state index contributed by atoms with van der Waals surface area (Å²) in [5, 5.41) is 20.3. The Labute approximate surface area is 257 Å². The van der Waals surface area contributed by atoms with Crippen molar-refractivity contribution in [2.45, 2.75) is 29.7 Å². The van der Waals surface area contributed by atoms with E-state index >= 15 is 0 Å². The highest BCUT2D eigenvalue weighted by Crippen LogP contribution is 2.44. The summed E-state index contributed by atoms with van der Waals surface area (Å²) in [4.78, 5) is 28.5. The van der Waals surface area contributed by atoms with Gasteiger partial charge >= 0.3 is 5.91 Å². The van der Waals surface area contributed by atoms with Gasteiger partial charge in [0.2, 0.25) is 5.13 Å². The van der Waals surface area contributed by atoms with Gasteiger partial charge < -0.3 is 9.84 Å². The van der Waals surface area contributed by atoms with Crippen LogP contribution in [0.2, 0.25) is 0 Å². The summed E-state index contributed by atoms with van der Waals surface area (Å²) in [5.74, 6) is -0.555. The molecule has 6 rings (SSSR count). The molecule has 9 heteroatoms. The van der Waals surface area contributed by atoms with Gasteiger partial charge in [-0.25, -0.2) is 0 Å². The summed E-state index contributed by atoms with van der Waals surface area (Å²) < 4.78 is 6.72. The van der Waals surface area contributed by atoms with Crippen LogP contribution in [0.4, 0.5) is 5.13 Å². The molecule has 43 heavy (non-hydrogen) atoms. The molecule has 1 aliphatic rings. The lowest BCUT2D eigenvalue weighted by molar-refractivity contribution is -0.132. The maximum Gasteiger partial charge on any atom is 0.301 e. The average molecular weight is 606 g/mol. The minimum Gasteiger partial charge on any atom is -0.507 e. The highest BCUT2D eigenvalue weighted by molar-refractivity contribution is 8.00. The van der Waals surface area contributed by atoms with Crippen LogP contribution in [0.25, 0.3) is 5.76 Å². The summed E-state index contributed by atoms with van der Waals surface area (Å²) in [5.41, 5.74) is 4.36. The van der Waals surface area contributed by atoms with Crippen molar-refractivity contribution in [3.05, 3.63) is 143 Å². The second-order valence-electron chi connectivity index (χ2n) is 10.0. The van der Waals surface area contributed by atoms with Crippen molar-refractivity contribution in [3.63, 3.8) is 0 Å². The summed E-state index contributed by atoms with van der Waals surface area (Å²) >= 11 is 2.75. The summed E-state index contributed by atoms with van der Waals surface area (Å²) in [6, 6.07) is 33.1. The molecule has 7 nitrogen and oxygen atoms in total. The van der Waals surface area contributed by atoms with E-state index in [2.05, 4.69) is 34.5 Å². The number of amides is 1. The highest BCUT2D eigenvalue weighted by atomic mass is 32.2. The van der Waals surface area contributed by atoms with Gasteiger partial charge in [-0.3, -0.25) is 14.5 Å². The fraction of sp³-hybridized carbons (Fsp3) is 0.118. The third kappa shape index (κ3) is 6.23. The SMILES string of the molecule is Cc1ccc(CSc2nnc(N3C(=O)C(=O)C(=C(O)c4ccccc4)C3c3cccc(OCc4ccccc4)c3)s2)cc1. The smallest absolute Gasteiger partial charge is 0.301 e. The van der Waals surface area contributed by atoms with Crippen LogP contribution in [-0.2, 0) is 21.9 Å². The summed E-state index contributed by atoms with van der Waals surface area (Å²) in [7, 11) is 0. The van der Waals surface area contributed by atoms with E-state index in [1.165, 1.54) is 33.6 Å². The van der Waals surface area contributed by atoms with E-state index in [0.717, 1.165) is 11.1 Å². The van der Waals surface area contributed by atoms with Crippen molar-refractivity contribution >= 4 is 45.7 Å². The fourth-order valence-corrected chi connectivity index (χ4v) is 6.62. The van der Waals surface area contributed by atoms with E-state index in [1.807, 2.05) is 55.5 Å². The van der Waals surface area contributed by atoms with Gasteiger partial charge in [-0.2, -0.15) is 0 Å². The van der Waals surface area contributed by atoms with E-state index in [-0.39, 0.29) is 16.5 Å². The molecule has 0 bridgehead atoms. The van der Waals surface area contributed by atoms with Gasteiger partial charge in [0.15, 0.2) is 4.34 Å². The molecule has 1 amide bonds. The van der Waals surface area contributed by atoms with Gasteiger partial charge in [0.1, 0.15) is 18.1 Å². The Balaban J connectivity index is 1.35. The standard InChI is InChI=1S/C34H27N3O4S2/c1-22-15-17-24(18-16-22)21-42-34-36-35-33(43-34)37-29(28(31(39)32(37)40)30(38)25-11-6-3-7-12-25)26-13-8-14-27(19-26)41-20-23-9-4-2-5-10-23/h2-19,29,38H,20-21H2,1H3. The Morgan fingerprint density at radius 1 is 0.884 bits per heavy atom. The highest BCUT2D eigenvalue weighted by Gasteiger charge is 2.48. The predicted octanol–water partition coefficient (Wildman–Crippen LogP) is 7.34. The Morgan fingerprint density at radius 2 is 1.60 bits per heavy atom. The van der Waals surface area contributed by atoms with Gasteiger partial charge in [0.05, 0.1) is 11.6 Å². The topological polar surface area (TPSA) is 92.6 Å². The Kier molecular flexibility index (Phi) is 8.35. The Morgan fingerprint density at radius 3 is 2.35 bits per heavy atom. The number of hydrogen-bond acceptors (Lipinski definition) is 8. The van der Waals surface area contributed by atoms with E-state index < -0.39 is 17.7 Å². The predicted molar refractivity (Wildman–Crippen MR) is 169 cm³/mol. The van der Waals surface area contributed by atoms with Gasteiger partial charge in [-0.15, -0.1) is 10.2 Å². The fourth-order valence-electron chi connectivity index (χ4n) is 4.80. The number of ketones is 1. The zero-order valence-electron chi connectivity index (χ0n) is 23.2. The van der Waals surface area contributed by atoms with E-state index in [9.17, 15) is 14.7 Å². The number of aromatic nitrogens is 2. The lowest BCUT2D eigenvalue weighted by atomic mass is 9.95. The maximum absolute atomic E-state index is 13.6. The van der Waals surface area contributed by atoms with E-state index in [0.29, 0.717) is 33.6 Å². The number of aryl methyl sites for hydroxylation is 1. The molecule has 1 aliphatic heterocycles. The molecule has 1 unspecified atom stereocenters. The molecule has 1 fully saturated rings. The molecular formula is C34H27N3O4S2. The molecule has 1 N–H and O–H groups in total. The number of thioether (sulfide) groups is 1. The zero-order valence-corrected chi connectivity index (χ0v) is 24.8. The van der Waals surface area contributed by atoms with Crippen molar-refractivity contribution in [1.82, 2.24) is 10.2 Å². The number of hydrogen-bond donors (Lipinski definition) is 1. The number of nitrogens with zero attached hydrogens (tertiary/aromatic N) is 3. The lowest BCUT2D eigenvalue weighted by Crippen LogP contribution is -2.29. The monoisotopic (exact) mass is 605 g/mol. The molecule has 5 aromatic rings. The number of anilines is 1. The van der Waals surface area contributed by atoms with E-state index in [1.54, 1.807) is 36.4 Å². The third-order valence-corrected chi connectivity index (χ3v) is 9.13. The quantitative estimate of drug-likeness (QED) is 0.0618. The average Bonchev–Trinajstić information content (AvgIpc) is 3.62. The second-order valence-corrected chi connectivity index (χ2v) is 12.2. The van der Waals surface area contributed by atoms with Gasteiger partial charge in [-0.05, 0) is 35.7 Å². The number of aliphatic hydroxyl groups is 1. The van der Waals surface area contributed by atoms with Crippen molar-refractivity contribution in [2.75, 3.05) is 4.90 Å². The van der Waals surface area contributed by atoms with Crippen LogP contribution in [-0.4, -0.2) is 27.0 Å². The van der Waals surface area contributed by atoms with Crippen molar-refractivity contribution in [1.29, 1.82) is 0 Å². The molecule has 1 aromatic heterocycles. The number of Topliss-reactive ketones (excluding diaryl/α,β-unsaturated/α-hetero) is 1. The van der Waals surface area contributed by atoms with Gasteiger partial charge in [0, 0.05) is 11.3 Å². The number of rotatable bonds is 9. The van der Waals surface area contributed by atoms with Gasteiger partial charge in [-0.1, -0.05) is 126 Å². The number of ether oxygens (including phenoxy) is 1. The molecule has 1 atom stereocenters. The summed E-state index contributed by atoms with van der Waals surface area (Å²) in [6.07, 6.45) is 0. The molecule has 0 spiro atoms. The number of carbonyl (C=O) groups excluding carboxylic acids is 2. The molecule has 0 radical (unpaired) electrons. The largest absolute Gasteiger partial charge is 0.507 e. The molecule has 2 heterocycles. The first kappa shape index (κ1) is 28.4. The first-order valence-electron chi connectivity index (χ1n) is 13.6. The Bertz CT molecular complexity index is 1790. The van der Waals surface area contributed by atoms with Gasteiger partial charge in [0.25, 0.3) is 5.78 Å². The third-order valence-electron chi connectivity index (χ3n) is 7.00.